The quantitative estimate of drug-likeness (QED) is 0.581. The molecule has 1 aliphatic heterocycles. The maximum absolute atomic E-state index is 12.1. The van der Waals surface area contributed by atoms with Crippen LogP contribution in [0.3, 0.4) is 0 Å². The van der Waals surface area contributed by atoms with Crippen LogP contribution in [0.1, 0.15) is 26.5 Å². The van der Waals surface area contributed by atoms with Gasteiger partial charge in [-0.05, 0) is 0 Å². The summed E-state index contributed by atoms with van der Waals surface area (Å²) in [7, 11) is 0. The third-order valence-electron chi connectivity index (χ3n) is 3.89. The van der Waals surface area contributed by atoms with Gasteiger partial charge in [-0.25, -0.2) is 4.98 Å². The van der Waals surface area contributed by atoms with Crippen LogP contribution in [0, 0.1) is 5.92 Å². The molecule has 2 aromatic heterocycles. The number of amides is 1. The highest BCUT2D eigenvalue weighted by Gasteiger charge is 2.35. The molecule has 1 fully saturated rings. The number of fused-ring (bicyclic) bond motifs is 1. The number of nitrogens with zero attached hydrogens (tertiary/aromatic N) is 3. The van der Waals surface area contributed by atoms with Gasteiger partial charge >= 0.3 is 0 Å². The summed E-state index contributed by atoms with van der Waals surface area (Å²) in [6, 6.07) is 0. The SMILES string of the molecule is CC(C)C(=O)Nc1nc2c(ncn2[C@H]2C[C@H](O)[C@@H](CO)O2)c(=O)[nH]1. The first-order chi connectivity index (χ1) is 11.4. The number of imidazole rings is 1. The standard InChI is InChI=1S/C14H19N5O5/c1-6(2)12(22)17-14-16-11-10(13(23)18-14)15-5-19(11)9-3-7(21)8(4-20)24-9/h5-9,20-21H,3-4H2,1-2H3,(H2,16,17,18,22,23)/t7-,8+,9+/m0/s1. The molecule has 0 unspecified atom stereocenters. The Labute approximate surface area is 136 Å². The number of H-pyrrole nitrogens is 1. The summed E-state index contributed by atoms with van der Waals surface area (Å²) < 4.78 is 7.07. The van der Waals surface area contributed by atoms with Crippen molar-refractivity contribution in [3.05, 3.63) is 16.7 Å². The van der Waals surface area contributed by atoms with E-state index in [0.717, 1.165) is 0 Å². The van der Waals surface area contributed by atoms with Gasteiger partial charge in [0.15, 0.2) is 11.2 Å². The fourth-order valence-corrected chi connectivity index (χ4v) is 2.51. The van der Waals surface area contributed by atoms with Gasteiger partial charge in [-0.1, -0.05) is 13.8 Å². The monoisotopic (exact) mass is 337 g/mol. The van der Waals surface area contributed by atoms with E-state index in [-0.39, 0.29) is 42.0 Å². The number of aliphatic hydroxyl groups excluding tert-OH is 2. The smallest absolute Gasteiger partial charge is 0.280 e. The molecule has 3 atom stereocenters. The van der Waals surface area contributed by atoms with Gasteiger partial charge in [0.2, 0.25) is 11.9 Å². The number of ether oxygens (including phenoxy) is 1. The Balaban J connectivity index is 1.97. The Morgan fingerprint density at radius 2 is 2.33 bits per heavy atom. The lowest BCUT2D eigenvalue weighted by atomic mass is 10.2. The minimum absolute atomic E-state index is 0.0187. The van der Waals surface area contributed by atoms with Gasteiger partial charge in [-0.3, -0.25) is 24.5 Å². The first-order valence-corrected chi connectivity index (χ1v) is 7.62. The summed E-state index contributed by atoms with van der Waals surface area (Å²) in [5.74, 6) is -0.531. The van der Waals surface area contributed by atoms with E-state index in [9.17, 15) is 19.8 Å². The first kappa shape index (κ1) is 16.6. The van der Waals surface area contributed by atoms with Crippen molar-refractivity contribution in [1.29, 1.82) is 0 Å². The average Bonchev–Trinajstić information content (AvgIpc) is 3.10. The third-order valence-corrected chi connectivity index (χ3v) is 3.89. The summed E-state index contributed by atoms with van der Waals surface area (Å²) in [4.78, 5) is 34.6. The van der Waals surface area contributed by atoms with Gasteiger partial charge in [-0.2, -0.15) is 4.98 Å². The van der Waals surface area contributed by atoms with E-state index in [1.165, 1.54) is 10.9 Å². The molecule has 3 heterocycles. The maximum Gasteiger partial charge on any atom is 0.280 e. The molecule has 0 aromatic carbocycles. The zero-order chi connectivity index (χ0) is 17.4. The van der Waals surface area contributed by atoms with Crippen LogP contribution in [-0.2, 0) is 9.53 Å². The van der Waals surface area contributed by atoms with Gasteiger partial charge in [0, 0.05) is 12.3 Å². The van der Waals surface area contributed by atoms with Crippen molar-refractivity contribution in [2.75, 3.05) is 11.9 Å². The van der Waals surface area contributed by atoms with E-state index in [4.69, 9.17) is 4.74 Å². The second-order valence-corrected chi connectivity index (χ2v) is 6.00. The van der Waals surface area contributed by atoms with Crippen LogP contribution in [0.5, 0.6) is 0 Å². The highest BCUT2D eigenvalue weighted by Crippen LogP contribution is 2.30. The summed E-state index contributed by atoms with van der Waals surface area (Å²) >= 11 is 0. The number of aliphatic hydroxyl groups is 2. The number of nitrogens with one attached hydrogen (secondary N) is 2. The van der Waals surface area contributed by atoms with Crippen LogP contribution >= 0.6 is 0 Å². The molecular formula is C14H19N5O5. The van der Waals surface area contributed by atoms with Crippen LogP contribution in [0.2, 0.25) is 0 Å². The molecule has 4 N–H and O–H groups in total. The molecule has 130 valence electrons. The molecular weight excluding hydrogens is 318 g/mol. The molecule has 0 saturated carbocycles. The molecule has 24 heavy (non-hydrogen) atoms. The topological polar surface area (TPSA) is 142 Å². The predicted octanol–water partition coefficient (Wildman–Crippen LogP) is -0.645. The zero-order valence-electron chi connectivity index (χ0n) is 13.3. The van der Waals surface area contributed by atoms with Crippen molar-refractivity contribution in [2.45, 2.75) is 38.7 Å². The molecule has 1 amide bonds. The van der Waals surface area contributed by atoms with E-state index >= 15 is 0 Å². The third kappa shape index (κ3) is 2.90. The Morgan fingerprint density at radius 1 is 1.58 bits per heavy atom. The zero-order valence-corrected chi connectivity index (χ0v) is 13.3. The van der Waals surface area contributed by atoms with E-state index in [1.54, 1.807) is 13.8 Å². The number of aromatic amines is 1. The van der Waals surface area contributed by atoms with Crippen LogP contribution in [0.4, 0.5) is 5.95 Å². The van der Waals surface area contributed by atoms with Gasteiger partial charge in [-0.15, -0.1) is 0 Å². The molecule has 2 aromatic rings. The molecule has 1 saturated heterocycles. The van der Waals surface area contributed by atoms with E-state index in [2.05, 4.69) is 20.3 Å². The number of carbonyl (C=O) groups is 1. The number of hydrogen-bond donors (Lipinski definition) is 4. The van der Waals surface area contributed by atoms with E-state index in [1.807, 2.05) is 0 Å². The van der Waals surface area contributed by atoms with Gasteiger partial charge < -0.3 is 14.9 Å². The van der Waals surface area contributed by atoms with Crippen molar-refractivity contribution in [3.8, 4) is 0 Å². The lowest BCUT2D eigenvalue weighted by molar-refractivity contribution is -0.118. The van der Waals surface area contributed by atoms with Gasteiger partial charge in [0.05, 0.1) is 19.0 Å². The molecule has 0 aliphatic carbocycles. The molecule has 0 spiro atoms. The first-order valence-electron chi connectivity index (χ1n) is 7.62. The molecule has 3 rings (SSSR count). The minimum atomic E-state index is -0.820. The summed E-state index contributed by atoms with van der Waals surface area (Å²) in [5.41, 5.74) is -0.160. The highest BCUT2D eigenvalue weighted by atomic mass is 16.5. The van der Waals surface area contributed by atoms with Crippen molar-refractivity contribution in [1.82, 2.24) is 19.5 Å². The Kier molecular flexibility index (Phi) is 4.35. The van der Waals surface area contributed by atoms with Crippen LogP contribution in [0.25, 0.3) is 11.2 Å². The predicted molar refractivity (Wildman–Crippen MR) is 83.2 cm³/mol. The number of anilines is 1. The van der Waals surface area contributed by atoms with Crippen molar-refractivity contribution < 1.29 is 19.7 Å². The molecule has 1 aliphatic rings. The Morgan fingerprint density at radius 3 is 2.96 bits per heavy atom. The largest absolute Gasteiger partial charge is 0.394 e. The lowest BCUT2D eigenvalue weighted by Crippen LogP contribution is -2.24. The second kappa shape index (κ2) is 6.30. The number of rotatable bonds is 4. The van der Waals surface area contributed by atoms with Crippen LogP contribution < -0.4 is 10.9 Å². The van der Waals surface area contributed by atoms with E-state index < -0.39 is 24.0 Å². The van der Waals surface area contributed by atoms with Crippen LogP contribution in [-0.4, -0.2) is 54.5 Å². The van der Waals surface area contributed by atoms with Gasteiger partial charge in [0.25, 0.3) is 5.56 Å². The maximum atomic E-state index is 12.1. The fraction of sp³-hybridized carbons (Fsp3) is 0.571. The van der Waals surface area contributed by atoms with Crippen molar-refractivity contribution in [2.24, 2.45) is 5.92 Å². The normalized spacial score (nSPS) is 24.0. The van der Waals surface area contributed by atoms with Crippen LogP contribution in [0.15, 0.2) is 11.1 Å². The number of aromatic nitrogens is 4. The molecule has 0 radical (unpaired) electrons. The van der Waals surface area contributed by atoms with E-state index in [0.29, 0.717) is 0 Å². The minimum Gasteiger partial charge on any atom is -0.394 e. The second-order valence-electron chi connectivity index (χ2n) is 6.00. The number of carbonyl (C=O) groups excluding carboxylic acids is 1. The summed E-state index contributed by atoms with van der Waals surface area (Å²) in [6.07, 6.45) is -0.504. The summed E-state index contributed by atoms with van der Waals surface area (Å²) in [5, 5.41) is 21.6. The Hall–Kier alpha value is -2.30. The lowest BCUT2D eigenvalue weighted by Gasteiger charge is -2.14. The molecule has 10 heteroatoms. The van der Waals surface area contributed by atoms with Crippen molar-refractivity contribution in [3.63, 3.8) is 0 Å². The molecule has 0 bridgehead atoms. The van der Waals surface area contributed by atoms with Gasteiger partial charge in [0.1, 0.15) is 12.3 Å². The Bertz CT molecular complexity index is 813. The highest BCUT2D eigenvalue weighted by molar-refractivity contribution is 5.91. The average molecular weight is 337 g/mol. The van der Waals surface area contributed by atoms with Crippen molar-refractivity contribution >= 4 is 23.0 Å². The number of hydrogen-bond acceptors (Lipinski definition) is 7. The molecule has 10 nitrogen and oxygen atoms in total. The summed E-state index contributed by atoms with van der Waals surface area (Å²) in [6.45, 7) is 3.13. The fourth-order valence-electron chi connectivity index (χ4n) is 2.51.